The zero-order valence-electron chi connectivity index (χ0n) is 14.8. The minimum Gasteiger partial charge on any atom is -0.467 e. The average Bonchev–Trinajstić information content (AvgIpc) is 3.40. The molecule has 2 N–H and O–H groups in total. The van der Waals surface area contributed by atoms with Crippen LogP contribution in [-0.2, 0) is 29.4 Å². The maximum Gasteiger partial charge on any atom is 0.256 e. The number of hydrogen-bond acceptors (Lipinski definition) is 5. The van der Waals surface area contributed by atoms with E-state index in [1.807, 2.05) is 6.07 Å². The molecule has 1 aliphatic rings. The van der Waals surface area contributed by atoms with Gasteiger partial charge in [-0.3, -0.25) is 9.59 Å². The summed E-state index contributed by atoms with van der Waals surface area (Å²) in [7, 11) is 0. The summed E-state index contributed by atoms with van der Waals surface area (Å²) in [6.45, 7) is 0.328. The highest BCUT2D eigenvalue weighted by Gasteiger charge is 2.25. The lowest BCUT2D eigenvalue weighted by Crippen LogP contribution is -2.28. The minimum atomic E-state index is -0.238. The van der Waals surface area contributed by atoms with E-state index in [0.29, 0.717) is 23.7 Å². The molecular weight excluding hydrogens is 444 g/mol. The van der Waals surface area contributed by atoms with E-state index in [0.717, 1.165) is 27.2 Å². The number of rotatable bonds is 6. The van der Waals surface area contributed by atoms with Crippen molar-refractivity contribution in [3.05, 3.63) is 69.7 Å². The van der Waals surface area contributed by atoms with Crippen molar-refractivity contribution >= 4 is 45.3 Å². The van der Waals surface area contributed by atoms with Crippen molar-refractivity contribution in [2.45, 2.75) is 24.6 Å². The van der Waals surface area contributed by atoms with Gasteiger partial charge in [-0.2, -0.15) is 16.9 Å². The third-order valence-corrected chi connectivity index (χ3v) is 5.73. The van der Waals surface area contributed by atoms with Crippen LogP contribution in [0, 0.1) is 0 Å². The molecule has 7 nitrogen and oxygen atoms in total. The highest BCUT2D eigenvalue weighted by molar-refractivity contribution is 9.10. The number of amides is 2. The lowest BCUT2D eigenvalue weighted by molar-refractivity contribution is -0.122. The quantitative estimate of drug-likeness (QED) is 0.586. The van der Waals surface area contributed by atoms with Crippen LogP contribution >= 0.6 is 27.7 Å². The van der Waals surface area contributed by atoms with Gasteiger partial charge in [0, 0.05) is 27.1 Å². The molecule has 0 bridgehead atoms. The predicted octanol–water partition coefficient (Wildman–Crippen LogP) is 3.55. The molecule has 1 aliphatic heterocycles. The Morgan fingerprint density at radius 2 is 2.14 bits per heavy atom. The van der Waals surface area contributed by atoms with E-state index in [9.17, 15) is 9.59 Å². The fourth-order valence-corrected chi connectivity index (χ4v) is 4.35. The number of fused-ring (bicyclic) bond motifs is 1. The van der Waals surface area contributed by atoms with Crippen LogP contribution in [0.2, 0.25) is 0 Å². The Kier molecular flexibility index (Phi) is 5.54. The van der Waals surface area contributed by atoms with Gasteiger partial charge in [0.15, 0.2) is 0 Å². The monoisotopic (exact) mass is 460 g/mol. The number of nitrogens with zero attached hydrogens (tertiary/aromatic N) is 2. The van der Waals surface area contributed by atoms with Crippen LogP contribution < -0.4 is 10.6 Å². The maximum atomic E-state index is 12.7. The Balaban J connectivity index is 1.50. The Bertz CT molecular complexity index is 1020. The van der Waals surface area contributed by atoms with Crippen molar-refractivity contribution in [3.63, 3.8) is 0 Å². The van der Waals surface area contributed by atoms with Crippen molar-refractivity contribution in [1.29, 1.82) is 0 Å². The Morgan fingerprint density at radius 1 is 1.25 bits per heavy atom. The largest absolute Gasteiger partial charge is 0.467 e. The standard InChI is InChI=1S/C19H17BrN4O3S/c20-13-4-1-3-12(7-13)19(26)22-18-15-10-28-11-16(15)23-24(18)9-17(25)21-8-14-5-2-6-27-14/h1-7H,8-11H2,(H,21,25)(H,22,26). The molecule has 0 radical (unpaired) electrons. The van der Waals surface area contributed by atoms with Crippen molar-refractivity contribution in [3.8, 4) is 0 Å². The topological polar surface area (TPSA) is 89.2 Å². The van der Waals surface area contributed by atoms with Gasteiger partial charge in [0.25, 0.3) is 5.91 Å². The molecule has 0 aliphatic carbocycles. The van der Waals surface area contributed by atoms with Crippen LogP contribution in [-0.4, -0.2) is 21.6 Å². The normalized spacial score (nSPS) is 12.6. The van der Waals surface area contributed by atoms with Gasteiger partial charge in [-0.05, 0) is 30.3 Å². The molecule has 0 fully saturated rings. The summed E-state index contributed by atoms with van der Waals surface area (Å²) >= 11 is 5.11. The van der Waals surface area contributed by atoms with Crippen molar-refractivity contribution in [2.75, 3.05) is 5.32 Å². The number of halogens is 1. The van der Waals surface area contributed by atoms with E-state index >= 15 is 0 Å². The molecule has 2 amide bonds. The van der Waals surface area contributed by atoms with Crippen LogP contribution in [0.5, 0.6) is 0 Å². The van der Waals surface area contributed by atoms with E-state index in [1.165, 1.54) is 0 Å². The summed E-state index contributed by atoms with van der Waals surface area (Å²) in [5, 5.41) is 10.3. The third-order valence-electron chi connectivity index (χ3n) is 4.27. The fourth-order valence-electron chi connectivity index (χ4n) is 2.92. The lowest BCUT2D eigenvalue weighted by Gasteiger charge is -2.11. The summed E-state index contributed by atoms with van der Waals surface area (Å²) in [5.41, 5.74) is 2.42. The smallest absolute Gasteiger partial charge is 0.256 e. The van der Waals surface area contributed by atoms with Crippen molar-refractivity contribution in [2.24, 2.45) is 0 Å². The van der Waals surface area contributed by atoms with E-state index in [2.05, 4.69) is 31.7 Å². The second kappa shape index (κ2) is 8.24. The lowest BCUT2D eigenvalue weighted by atomic mass is 10.2. The number of benzene rings is 1. The van der Waals surface area contributed by atoms with Gasteiger partial charge in [0.2, 0.25) is 5.91 Å². The van der Waals surface area contributed by atoms with Gasteiger partial charge in [0.1, 0.15) is 18.1 Å². The van der Waals surface area contributed by atoms with Crippen LogP contribution in [0.3, 0.4) is 0 Å². The minimum absolute atomic E-state index is 0.0203. The molecule has 144 valence electrons. The molecule has 0 saturated heterocycles. The number of thioether (sulfide) groups is 1. The second-order valence-corrected chi connectivity index (χ2v) is 8.15. The molecular formula is C19H17BrN4O3S. The fraction of sp³-hybridized carbons (Fsp3) is 0.211. The number of nitrogens with one attached hydrogen (secondary N) is 2. The first-order valence-electron chi connectivity index (χ1n) is 8.62. The second-order valence-electron chi connectivity index (χ2n) is 6.24. The number of hydrogen-bond donors (Lipinski definition) is 2. The number of furan rings is 1. The number of carbonyl (C=O) groups excluding carboxylic acids is 2. The summed E-state index contributed by atoms with van der Waals surface area (Å²) in [5.74, 6) is 2.35. The van der Waals surface area contributed by atoms with Gasteiger partial charge in [-0.1, -0.05) is 22.0 Å². The zero-order chi connectivity index (χ0) is 19.5. The van der Waals surface area contributed by atoms with Crippen LogP contribution in [0.25, 0.3) is 0 Å². The molecule has 0 saturated carbocycles. The molecule has 1 aromatic carbocycles. The van der Waals surface area contributed by atoms with Crippen LogP contribution in [0.1, 0.15) is 27.4 Å². The van der Waals surface area contributed by atoms with Gasteiger partial charge in [-0.15, -0.1) is 0 Å². The molecule has 0 unspecified atom stereocenters. The van der Waals surface area contributed by atoms with Crippen LogP contribution in [0.4, 0.5) is 5.82 Å². The Hall–Kier alpha value is -2.52. The van der Waals surface area contributed by atoms with E-state index in [4.69, 9.17) is 4.42 Å². The van der Waals surface area contributed by atoms with Gasteiger partial charge >= 0.3 is 0 Å². The molecule has 0 atom stereocenters. The summed E-state index contributed by atoms with van der Waals surface area (Å²) < 4.78 is 7.61. The van der Waals surface area contributed by atoms with Crippen molar-refractivity contribution in [1.82, 2.24) is 15.1 Å². The molecule has 28 heavy (non-hydrogen) atoms. The highest BCUT2D eigenvalue weighted by Crippen LogP contribution is 2.35. The van der Waals surface area contributed by atoms with E-state index < -0.39 is 0 Å². The van der Waals surface area contributed by atoms with E-state index in [1.54, 1.807) is 53.0 Å². The first-order valence-corrected chi connectivity index (χ1v) is 10.6. The van der Waals surface area contributed by atoms with Gasteiger partial charge in [0.05, 0.1) is 18.5 Å². The van der Waals surface area contributed by atoms with E-state index in [-0.39, 0.29) is 18.4 Å². The molecule has 3 heterocycles. The predicted molar refractivity (Wildman–Crippen MR) is 110 cm³/mol. The Labute approximate surface area is 174 Å². The average molecular weight is 461 g/mol. The molecule has 4 rings (SSSR count). The molecule has 2 aromatic heterocycles. The first kappa shape index (κ1) is 18.8. The summed E-state index contributed by atoms with van der Waals surface area (Å²) in [6, 6.07) is 10.7. The van der Waals surface area contributed by atoms with Gasteiger partial charge < -0.3 is 15.1 Å². The van der Waals surface area contributed by atoms with Crippen molar-refractivity contribution < 1.29 is 14.0 Å². The summed E-state index contributed by atoms with van der Waals surface area (Å²) in [4.78, 5) is 25.0. The SMILES string of the molecule is O=C(Cn1nc2c(c1NC(=O)c1cccc(Br)c1)CSC2)NCc1ccco1. The number of carbonyl (C=O) groups is 2. The number of anilines is 1. The van der Waals surface area contributed by atoms with Crippen LogP contribution in [0.15, 0.2) is 51.6 Å². The third kappa shape index (κ3) is 4.15. The Morgan fingerprint density at radius 3 is 2.93 bits per heavy atom. The summed E-state index contributed by atoms with van der Waals surface area (Å²) in [6.07, 6.45) is 1.56. The highest BCUT2D eigenvalue weighted by atomic mass is 79.9. The molecule has 9 heteroatoms. The molecule has 3 aromatic rings. The molecule has 0 spiro atoms. The number of aromatic nitrogens is 2. The zero-order valence-corrected chi connectivity index (χ0v) is 17.2. The first-order chi connectivity index (χ1) is 13.6. The maximum absolute atomic E-state index is 12.7. The van der Waals surface area contributed by atoms with Gasteiger partial charge in [-0.25, -0.2) is 4.68 Å².